The van der Waals surface area contributed by atoms with Gasteiger partial charge < -0.3 is 10.1 Å². The van der Waals surface area contributed by atoms with Crippen molar-refractivity contribution in [3.05, 3.63) is 11.8 Å². The molecular formula is C12H19N3O2. The van der Waals surface area contributed by atoms with Gasteiger partial charge in [0.1, 0.15) is 12.4 Å². The summed E-state index contributed by atoms with van der Waals surface area (Å²) in [7, 11) is 3.34. The largest absolute Gasteiger partial charge is 0.375 e. The predicted octanol–water partition coefficient (Wildman–Crippen LogP) is 1.35. The molecule has 1 aliphatic carbocycles. The molecule has 17 heavy (non-hydrogen) atoms. The van der Waals surface area contributed by atoms with Crippen molar-refractivity contribution in [1.82, 2.24) is 9.78 Å². The van der Waals surface area contributed by atoms with Crippen LogP contribution >= 0.6 is 0 Å². The first-order valence-corrected chi connectivity index (χ1v) is 6.00. The Hall–Kier alpha value is -1.36. The molecule has 0 radical (unpaired) electrons. The molecule has 1 amide bonds. The lowest BCUT2D eigenvalue weighted by Gasteiger charge is -2.23. The molecule has 0 atom stereocenters. The zero-order valence-electron chi connectivity index (χ0n) is 10.4. The van der Waals surface area contributed by atoms with Gasteiger partial charge in [-0.1, -0.05) is 19.3 Å². The lowest BCUT2D eigenvalue weighted by Crippen LogP contribution is -2.18. The second-order valence-corrected chi connectivity index (χ2v) is 4.63. The standard InChI is InChI=1S/C12H19N3O2/c1-15-11(13-12(16)8-17-2)7-10(14-15)6-9-4-3-5-9/h7,9H,3-6,8H2,1-2H3,(H,13,16). The lowest BCUT2D eigenvalue weighted by atomic mass is 9.82. The zero-order chi connectivity index (χ0) is 12.3. The summed E-state index contributed by atoms with van der Waals surface area (Å²) in [5, 5.41) is 7.18. The molecule has 1 saturated carbocycles. The van der Waals surface area contributed by atoms with E-state index in [4.69, 9.17) is 4.74 Å². The average molecular weight is 237 g/mol. The summed E-state index contributed by atoms with van der Waals surface area (Å²) in [6.07, 6.45) is 4.98. The highest BCUT2D eigenvalue weighted by Gasteiger charge is 2.19. The number of carbonyl (C=O) groups is 1. The van der Waals surface area contributed by atoms with Gasteiger partial charge in [-0.3, -0.25) is 9.48 Å². The number of ether oxygens (including phenoxy) is 1. The van der Waals surface area contributed by atoms with Gasteiger partial charge in [0.2, 0.25) is 0 Å². The van der Waals surface area contributed by atoms with Crippen LogP contribution in [0, 0.1) is 5.92 Å². The van der Waals surface area contributed by atoms with Crippen molar-refractivity contribution < 1.29 is 9.53 Å². The first-order chi connectivity index (χ1) is 8.19. The van der Waals surface area contributed by atoms with Crippen LogP contribution in [0.2, 0.25) is 0 Å². The summed E-state index contributed by atoms with van der Waals surface area (Å²) in [6.45, 7) is 0.0726. The van der Waals surface area contributed by atoms with Gasteiger partial charge in [0.25, 0.3) is 5.91 Å². The minimum atomic E-state index is -0.148. The molecule has 0 bridgehead atoms. The quantitative estimate of drug-likeness (QED) is 0.841. The Labute approximate surface area is 101 Å². The highest BCUT2D eigenvalue weighted by atomic mass is 16.5. The summed E-state index contributed by atoms with van der Waals surface area (Å²) in [5.41, 5.74) is 1.06. The third kappa shape index (κ3) is 3.06. The molecule has 5 nitrogen and oxygen atoms in total. The summed E-state index contributed by atoms with van der Waals surface area (Å²) >= 11 is 0. The van der Waals surface area contributed by atoms with Crippen molar-refractivity contribution in [2.75, 3.05) is 19.0 Å². The molecule has 0 aromatic carbocycles. The molecule has 5 heteroatoms. The Morgan fingerprint density at radius 1 is 1.65 bits per heavy atom. The van der Waals surface area contributed by atoms with Gasteiger partial charge in [0, 0.05) is 20.2 Å². The second-order valence-electron chi connectivity index (χ2n) is 4.63. The van der Waals surface area contributed by atoms with E-state index in [2.05, 4.69) is 10.4 Å². The Morgan fingerprint density at radius 2 is 2.41 bits per heavy atom. The van der Waals surface area contributed by atoms with Gasteiger partial charge in [-0.2, -0.15) is 5.10 Å². The van der Waals surface area contributed by atoms with Crippen molar-refractivity contribution in [3.63, 3.8) is 0 Å². The molecule has 1 fully saturated rings. The monoisotopic (exact) mass is 237 g/mol. The molecule has 0 unspecified atom stereocenters. The van der Waals surface area contributed by atoms with Gasteiger partial charge in [-0.25, -0.2) is 0 Å². The number of carbonyl (C=O) groups excluding carboxylic acids is 1. The SMILES string of the molecule is COCC(=O)Nc1cc(CC2CCC2)nn1C. The molecule has 0 spiro atoms. The van der Waals surface area contributed by atoms with Gasteiger partial charge in [0.15, 0.2) is 0 Å². The molecular weight excluding hydrogens is 218 g/mol. The van der Waals surface area contributed by atoms with Crippen molar-refractivity contribution in [1.29, 1.82) is 0 Å². The lowest BCUT2D eigenvalue weighted by molar-refractivity contribution is -0.119. The molecule has 0 saturated heterocycles. The van der Waals surface area contributed by atoms with E-state index < -0.39 is 0 Å². The number of rotatable bonds is 5. The van der Waals surface area contributed by atoms with Crippen LogP contribution in [0.25, 0.3) is 0 Å². The van der Waals surface area contributed by atoms with Crippen LogP contribution in [0.5, 0.6) is 0 Å². The van der Waals surface area contributed by atoms with Crippen molar-refractivity contribution >= 4 is 11.7 Å². The number of methoxy groups -OCH3 is 1. The average Bonchev–Trinajstić information content (AvgIpc) is 2.54. The van der Waals surface area contributed by atoms with Crippen molar-refractivity contribution in [3.8, 4) is 0 Å². The first kappa shape index (κ1) is 12.1. The molecule has 1 aliphatic rings. The maximum atomic E-state index is 11.4. The van der Waals surface area contributed by atoms with Crippen LogP contribution in [0.1, 0.15) is 25.0 Å². The number of hydrogen-bond acceptors (Lipinski definition) is 3. The third-order valence-electron chi connectivity index (χ3n) is 3.20. The second kappa shape index (κ2) is 5.31. The number of nitrogens with zero attached hydrogens (tertiary/aromatic N) is 2. The predicted molar refractivity (Wildman–Crippen MR) is 64.8 cm³/mol. The minimum Gasteiger partial charge on any atom is -0.375 e. The number of aryl methyl sites for hydroxylation is 1. The number of anilines is 1. The molecule has 1 aromatic heterocycles. The minimum absolute atomic E-state index is 0.0726. The molecule has 94 valence electrons. The number of aromatic nitrogens is 2. The van der Waals surface area contributed by atoms with E-state index in [-0.39, 0.29) is 12.5 Å². The molecule has 0 aliphatic heterocycles. The Kier molecular flexibility index (Phi) is 3.78. The number of nitrogens with one attached hydrogen (secondary N) is 1. The third-order valence-corrected chi connectivity index (χ3v) is 3.20. The maximum Gasteiger partial charge on any atom is 0.251 e. The molecule has 1 N–H and O–H groups in total. The maximum absolute atomic E-state index is 11.4. The summed E-state index contributed by atoms with van der Waals surface area (Å²) in [5.74, 6) is 1.37. The van der Waals surface area contributed by atoms with Crippen LogP contribution in [0.3, 0.4) is 0 Å². The van der Waals surface area contributed by atoms with Crippen LogP contribution in [-0.4, -0.2) is 29.4 Å². The van der Waals surface area contributed by atoms with E-state index in [0.717, 1.165) is 23.9 Å². The first-order valence-electron chi connectivity index (χ1n) is 6.00. The fourth-order valence-corrected chi connectivity index (χ4v) is 2.05. The number of amides is 1. The van der Waals surface area contributed by atoms with E-state index in [1.165, 1.54) is 26.4 Å². The molecule has 2 rings (SSSR count). The molecule has 1 heterocycles. The van der Waals surface area contributed by atoms with Gasteiger partial charge in [0.05, 0.1) is 5.69 Å². The Morgan fingerprint density at radius 3 is 3.00 bits per heavy atom. The van der Waals surface area contributed by atoms with Crippen LogP contribution in [0.15, 0.2) is 6.07 Å². The van der Waals surface area contributed by atoms with Crippen molar-refractivity contribution in [2.45, 2.75) is 25.7 Å². The summed E-state index contributed by atoms with van der Waals surface area (Å²) < 4.78 is 6.48. The van der Waals surface area contributed by atoms with Gasteiger partial charge in [-0.05, 0) is 12.3 Å². The van der Waals surface area contributed by atoms with E-state index in [0.29, 0.717) is 0 Å². The highest BCUT2D eigenvalue weighted by Crippen LogP contribution is 2.29. The van der Waals surface area contributed by atoms with E-state index in [1.54, 1.807) is 4.68 Å². The van der Waals surface area contributed by atoms with Gasteiger partial charge >= 0.3 is 0 Å². The topological polar surface area (TPSA) is 56.1 Å². The van der Waals surface area contributed by atoms with Crippen LogP contribution in [0.4, 0.5) is 5.82 Å². The fraction of sp³-hybridized carbons (Fsp3) is 0.667. The van der Waals surface area contributed by atoms with Crippen molar-refractivity contribution in [2.24, 2.45) is 13.0 Å². The summed E-state index contributed by atoms with van der Waals surface area (Å²) in [4.78, 5) is 11.4. The smallest absolute Gasteiger partial charge is 0.251 e. The van der Waals surface area contributed by atoms with Gasteiger partial charge in [-0.15, -0.1) is 0 Å². The molecule has 1 aromatic rings. The normalized spacial score (nSPS) is 15.6. The Balaban J connectivity index is 1.94. The number of hydrogen-bond donors (Lipinski definition) is 1. The summed E-state index contributed by atoms with van der Waals surface area (Å²) in [6, 6.07) is 1.95. The van der Waals surface area contributed by atoms with Crippen LogP contribution < -0.4 is 5.32 Å². The van der Waals surface area contributed by atoms with E-state index in [9.17, 15) is 4.79 Å². The zero-order valence-corrected chi connectivity index (χ0v) is 10.4. The van der Waals surface area contributed by atoms with E-state index >= 15 is 0 Å². The highest BCUT2D eigenvalue weighted by molar-refractivity contribution is 5.90. The Bertz CT molecular complexity index is 396. The van der Waals surface area contributed by atoms with Crippen LogP contribution in [-0.2, 0) is 23.0 Å². The fourth-order valence-electron chi connectivity index (χ4n) is 2.05. The van der Waals surface area contributed by atoms with E-state index in [1.807, 2.05) is 13.1 Å².